The highest BCUT2D eigenvalue weighted by Crippen LogP contribution is 2.28. The largest absolute Gasteiger partial charge is 0.372 e. The summed E-state index contributed by atoms with van der Waals surface area (Å²) in [7, 11) is 4.58. The van der Waals surface area contributed by atoms with Crippen molar-refractivity contribution in [3.63, 3.8) is 0 Å². The topological polar surface area (TPSA) is 105 Å². The zero-order valence-corrected chi connectivity index (χ0v) is 24.2. The number of carbonyl (C=O) groups is 3. The molecule has 0 aliphatic heterocycles. The second kappa shape index (κ2) is 15.4. The predicted octanol–water partition coefficient (Wildman–Crippen LogP) is 3.37. The van der Waals surface area contributed by atoms with E-state index in [2.05, 4.69) is 5.32 Å². The maximum atomic E-state index is 14.5. The number of fused-ring (bicyclic) bond motifs is 1. The fourth-order valence-corrected chi connectivity index (χ4v) is 5.56. The van der Waals surface area contributed by atoms with Crippen LogP contribution in [0.25, 0.3) is 10.1 Å². The van der Waals surface area contributed by atoms with Gasteiger partial charge in [-0.15, -0.1) is 11.3 Å². The molecule has 0 unspecified atom stereocenters. The highest BCUT2D eigenvalue weighted by molar-refractivity contribution is 7.17. The van der Waals surface area contributed by atoms with E-state index in [9.17, 15) is 18.8 Å². The van der Waals surface area contributed by atoms with Crippen LogP contribution < -0.4 is 11.1 Å². The predicted molar refractivity (Wildman–Crippen MR) is 157 cm³/mol. The zero-order chi connectivity index (χ0) is 29.1. The minimum Gasteiger partial charge on any atom is -0.372 e. The Labute approximate surface area is 239 Å². The van der Waals surface area contributed by atoms with E-state index in [4.69, 9.17) is 10.5 Å². The molecule has 0 bridgehead atoms. The van der Waals surface area contributed by atoms with Crippen LogP contribution in [0.4, 0.5) is 4.39 Å². The van der Waals surface area contributed by atoms with Crippen molar-refractivity contribution in [1.82, 2.24) is 15.1 Å². The number of unbranched alkanes of at least 4 members (excludes halogenated alkanes) is 2. The Bertz CT molecular complexity index is 1280. The van der Waals surface area contributed by atoms with E-state index >= 15 is 0 Å². The number of thiophene rings is 1. The number of nitrogens with one attached hydrogen (secondary N) is 1. The third kappa shape index (κ3) is 8.09. The summed E-state index contributed by atoms with van der Waals surface area (Å²) in [6.45, 7) is 0.879. The second-order valence-electron chi connectivity index (χ2n) is 9.76. The van der Waals surface area contributed by atoms with Crippen molar-refractivity contribution in [2.75, 3.05) is 40.9 Å². The van der Waals surface area contributed by atoms with Crippen molar-refractivity contribution in [2.24, 2.45) is 5.73 Å². The van der Waals surface area contributed by atoms with Crippen molar-refractivity contribution >= 4 is 39.1 Å². The summed E-state index contributed by atoms with van der Waals surface area (Å²) in [5.74, 6) is -1.63. The van der Waals surface area contributed by atoms with Crippen molar-refractivity contribution in [2.45, 2.75) is 44.2 Å². The van der Waals surface area contributed by atoms with E-state index in [1.807, 2.05) is 29.6 Å². The lowest BCUT2D eigenvalue weighted by Gasteiger charge is -2.34. The lowest BCUT2D eigenvalue weighted by Crippen LogP contribution is -2.56. The lowest BCUT2D eigenvalue weighted by atomic mass is 9.99. The van der Waals surface area contributed by atoms with Crippen molar-refractivity contribution < 1.29 is 23.5 Å². The average molecular weight is 571 g/mol. The van der Waals surface area contributed by atoms with Crippen LogP contribution in [-0.4, -0.2) is 80.5 Å². The highest BCUT2D eigenvalue weighted by atomic mass is 32.1. The third-order valence-electron chi connectivity index (χ3n) is 7.07. The smallest absolute Gasteiger partial charge is 0.248 e. The first-order valence-corrected chi connectivity index (χ1v) is 14.4. The molecule has 2 aromatic carbocycles. The molecule has 1 heterocycles. The quantitative estimate of drug-likeness (QED) is 0.273. The molecule has 40 heavy (non-hydrogen) atoms. The summed E-state index contributed by atoms with van der Waals surface area (Å²) in [5.41, 5.74) is 6.78. The number of nitrogens with two attached hydrogens (primary N) is 1. The molecule has 10 heteroatoms. The monoisotopic (exact) mass is 570 g/mol. The van der Waals surface area contributed by atoms with Crippen molar-refractivity contribution in [3.05, 3.63) is 70.9 Å². The van der Waals surface area contributed by atoms with Crippen molar-refractivity contribution in [3.8, 4) is 0 Å². The summed E-state index contributed by atoms with van der Waals surface area (Å²) in [6, 6.07) is 12.2. The van der Waals surface area contributed by atoms with Gasteiger partial charge in [-0.05, 0) is 59.8 Å². The van der Waals surface area contributed by atoms with E-state index in [-0.39, 0.29) is 25.4 Å². The molecule has 3 amide bonds. The Hall–Kier alpha value is -3.34. The molecule has 2 atom stereocenters. The lowest BCUT2D eigenvalue weighted by molar-refractivity contribution is -0.149. The van der Waals surface area contributed by atoms with Gasteiger partial charge in [0.15, 0.2) is 0 Å². The maximum Gasteiger partial charge on any atom is 0.248 e. The van der Waals surface area contributed by atoms with E-state index in [0.717, 1.165) is 34.9 Å². The SMILES string of the molecule is CNC(=O)[C@@H](Cc1ccccc1F)N(C)C(=O)[C@@H](Cc1csc2ccccc12)N(C)C(=O)COCCCCCN. The second-order valence-corrected chi connectivity index (χ2v) is 10.7. The van der Waals surface area contributed by atoms with Crippen LogP contribution >= 0.6 is 11.3 Å². The molecule has 0 fully saturated rings. The molecule has 0 radical (unpaired) electrons. The number of amides is 3. The van der Waals surface area contributed by atoms with Gasteiger partial charge in [0.05, 0.1) is 0 Å². The molecule has 1 aromatic heterocycles. The number of benzene rings is 2. The average Bonchev–Trinajstić information content (AvgIpc) is 3.38. The zero-order valence-electron chi connectivity index (χ0n) is 23.4. The van der Waals surface area contributed by atoms with Crippen LogP contribution in [0.1, 0.15) is 30.4 Å². The number of hydrogen-bond donors (Lipinski definition) is 2. The number of carbonyl (C=O) groups excluding carboxylic acids is 3. The Balaban J connectivity index is 1.85. The number of nitrogens with zero attached hydrogens (tertiary/aromatic N) is 2. The molecule has 3 aromatic rings. The van der Waals surface area contributed by atoms with Crippen LogP contribution in [0.2, 0.25) is 0 Å². The molecule has 3 rings (SSSR count). The first kappa shape index (κ1) is 31.2. The van der Waals surface area contributed by atoms with Gasteiger partial charge in [-0.1, -0.05) is 36.4 Å². The van der Waals surface area contributed by atoms with Gasteiger partial charge in [-0.3, -0.25) is 14.4 Å². The van der Waals surface area contributed by atoms with Crippen LogP contribution in [0.5, 0.6) is 0 Å². The first-order chi connectivity index (χ1) is 19.3. The van der Waals surface area contributed by atoms with E-state index in [0.29, 0.717) is 18.7 Å². The van der Waals surface area contributed by atoms with Crippen LogP contribution in [0.3, 0.4) is 0 Å². The van der Waals surface area contributed by atoms with Gasteiger partial charge < -0.3 is 25.6 Å². The number of rotatable bonds is 15. The molecule has 0 aliphatic carbocycles. The molecule has 3 N–H and O–H groups in total. The molecular weight excluding hydrogens is 531 g/mol. The minimum atomic E-state index is -0.974. The fraction of sp³-hybridized carbons (Fsp3) is 0.433. The van der Waals surface area contributed by atoms with E-state index < -0.39 is 29.7 Å². The summed E-state index contributed by atoms with van der Waals surface area (Å²) < 4.78 is 21.2. The molecule has 216 valence electrons. The Morgan fingerprint density at radius 1 is 0.950 bits per heavy atom. The molecule has 0 saturated heterocycles. The molecule has 0 aliphatic rings. The Morgan fingerprint density at radius 3 is 2.38 bits per heavy atom. The van der Waals surface area contributed by atoms with Gasteiger partial charge in [-0.25, -0.2) is 4.39 Å². The fourth-order valence-electron chi connectivity index (χ4n) is 4.58. The highest BCUT2D eigenvalue weighted by Gasteiger charge is 2.35. The summed E-state index contributed by atoms with van der Waals surface area (Å²) in [6.07, 6.45) is 2.86. The van der Waals surface area contributed by atoms with Gasteiger partial charge in [0.2, 0.25) is 17.7 Å². The standard InChI is InChI=1S/C30H39FN4O4S/c1-33-29(37)25(17-21-11-5-7-13-24(21)31)35(3)30(38)26(18-22-20-40-27-14-8-6-12-23(22)27)34(2)28(36)19-39-16-10-4-9-15-32/h5-8,11-14,20,25-26H,4,9-10,15-19,32H2,1-3H3,(H,33,37)/t25-,26-/m1/s1. The van der Waals surface area contributed by atoms with Crippen molar-refractivity contribution in [1.29, 1.82) is 0 Å². The van der Waals surface area contributed by atoms with E-state index in [1.165, 1.54) is 30.0 Å². The normalized spacial score (nSPS) is 12.6. The number of halogens is 1. The van der Waals surface area contributed by atoms with Crippen LogP contribution in [-0.2, 0) is 32.0 Å². The Morgan fingerprint density at radius 2 is 1.65 bits per heavy atom. The van der Waals surface area contributed by atoms with Crippen LogP contribution in [0, 0.1) is 5.82 Å². The van der Waals surface area contributed by atoms with Gasteiger partial charge in [-0.2, -0.15) is 0 Å². The molecule has 8 nitrogen and oxygen atoms in total. The molecule has 0 saturated carbocycles. The number of likely N-dealkylation sites (N-methyl/N-ethyl adjacent to an activating group) is 3. The summed E-state index contributed by atoms with van der Waals surface area (Å²) >= 11 is 1.57. The van der Waals surface area contributed by atoms with E-state index in [1.54, 1.807) is 36.6 Å². The van der Waals surface area contributed by atoms with Gasteiger partial charge in [0, 0.05) is 45.3 Å². The third-order valence-corrected chi connectivity index (χ3v) is 8.09. The van der Waals surface area contributed by atoms with Crippen LogP contribution in [0.15, 0.2) is 53.9 Å². The summed E-state index contributed by atoms with van der Waals surface area (Å²) in [5, 5.41) is 5.59. The Kier molecular flexibility index (Phi) is 12.0. The molecular formula is C30H39FN4O4S. The number of hydrogen-bond acceptors (Lipinski definition) is 6. The maximum absolute atomic E-state index is 14.5. The molecule has 0 spiro atoms. The van der Waals surface area contributed by atoms with Gasteiger partial charge in [0.25, 0.3) is 0 Å². The van der Waals surface area contributed by atoms with Gasteiger partial charge in [0.1, 0.15) is 24.5 Å². The number of ether oxygens (including phenoxy) is 1. The minimum absolute atomic E-state index is 0.00768. The summed E-state index contributed by atoms with van der Waals surface area (Å²) in [4.78, 5) is 42.8. The first-order valence-electron chi connectivity index (χ1n) is 13.5. The van der Waals surface area contributed by atoms with Gasteiger partial charge >= 0.3 is 0 Å².